The first kappa shape index (κ1) is 11.8. The Hall–Kier alpha value is -1.30. The van der Waals surface area contributed by atoms with Crippen molar-refractivity contribution in [2.45, 2.75) is 33.1 Å². The molecule has 1 rings (SSSR count). The highest BCUT2D eigenvalue weighted by molar-refractivity contribution is 5.57. The van der Waals surface area contributed by atoms with Crippen molar-refractivity contribution in [1.82, 2.24) is 0 Å². The molecule has 0 aliphatic rings. The third-order valence-electron chi connectivity index (χ3n) is 2.57. The number of unbranched alkanes of at least 4 members (excludes halogenated alkanes) is 1. The summed E-state index contributed by atoms with van der Waals surface area (Å²) in [5, 5.41) is 0. The molecule has 15 heavy (non-hydrogen) atoms. The summed E-state index contributed by atoms with van der Waals surface area (Å²) in [5.74, 6) is 0. The normalized spacial score (nSPS) is 11.5. The van der Waals surface area contributed by atoms with Crippen molar-refractivity contribution in [3.63, 3.8) is 0 Å². The van der Waals surface area contributed by atoms with Crippen molar-refractivity contribution < 1.29 is 0 Å². The summed E-state index contributed by atoms with van der Waals surface area (Å²) in [6, 6.07) is 10.4. The van der Waals surface area contributed by atoms with Crippen molar-refractivity contribution in [2.24, 2.45) is 0 Å². The predicted octanol–water partition coefficient (Wildman–Crippen LogP) is 4.84. The van der Waals surface area contributed by atoms with Crippen LogP contribution in [0.5, 0.6) is 0 Å². The fraction of sp³-hybridized carbons (Fsp3) is 0.333. The molecule has 0 N–H and O–H groups in total. The first-order valence-electron chi connectivity index (χ1n) is 5.65. The van der Waals surface area contributed by atoms with Crippen molar-refractivity contribution in [3.8, 4) is 0 Å². The lowest BCUT2D eigenvalue weighted by molar-refractivity contribution is 0.794. The summed E-state index contributed by atoms with van der Waals surface area (Å²) in [7, 11) is 0. The van der Waals surface area contributed by atoms with E-state index in [-0.39, 0.29) is 0 Å². The van der Waals surface area contributed by atoms with Crippen LogP contribution < -0.4 is 0 Å². The van der Waals surface area contributed by atoms with Crippen LogP contribution in [0.25, 0.3) is 6.08 Å². The molecule has 0 fully saturated rings. The highest BCUT2D eigenvalue weighted by Crippen LogP contribution is 2.17. The van der Waals surface area contributed by atoms with Crippen LogP contribution in [0.2, 0.25) is 0 Å². The molecule has 80 valence electrons. The zero-order chi connectivity index (χ0) is 11.1. The summed E-state index contributed by atoms with van der Waals surface area (Å²) in [4.78, 5) is 0. The summed E-state index contributed by atoms with van der Waals surface area (Å²) >= 11 is 0. The molecular formula is C15H20. The van der Waals surface area contributed by atoms with Gasteiger partial charge in [0.2, 0.25) is 0 Å². The van der Waals surface area contributed by atoms with Gasteiger partial charge >= 0.3 is 0 Å². The van der Waals surface area contributed by atoms with Crippen LogP contribution in [0.3, 0.4) is 0 Å². The maximum absolute atomic E-state index is 4.12. The van der Waals surface area contributed by atoms with E-state index in [2.05, 4.69) is 50.8 Å². The minimum Gasteiger partial charge on any atom is -0.0956 e. The highest BCUT2D eigenvalue weighted by atomic mass is 14.0. The molecule has 0 saturated carbocycles. The lowest BCUT2D eigenvalue weighted by atomic mass is 10.0. The highest BCUT2D eigenvalue weighted by Gasteiger charge is 1.96. The summed E-state index contributed by atoms with van der Waals surface area (Å²) in [6.07, 6.45) is 5.79. The molecular weight excluding hydrogens is 180 g/mol. The van der Waals surface area contributed by atoms with Gasteiger partial charge in [-0.05, 0) is 30.9 Å². The molecule has 0 amide bonds. The van der Waals surface area contributed by atoms with Gasteiger partial charge in [0.15, 0.2) is 0 Å². The quantitative estimate of drug-likeness (QED) is 0.597. The van der Waals surface area contributed by atoms with E-state index < -0.39 is 0 Å². The van der Waals surface area contributed by atoms with Gasteiger partial charge in [-0.2, -0.15) is 0 Å². The van der Waals surface area contributed by atoms with Gasteiger partial charge < -0.3 is 0 Å². The predicted molar refractivity (Wildman–Crippen MR) is 68.8 cm³/mol. The minimum absolute atomic E-state index is 1.12. The van der Waals surface area contributed by atoms with Gasteiger partial charge in [-0.1, -0.05) is 61.9 Å². The molecule has 0 radical (unpaired) electrons. The van der Waals surface area contributed by atoms with E-state index in [1.165, 1.54) is 29.6 Å². The molecule has 0 saturated heterocycles. The smallest absolute Gasteiger partial charge is 0.0254 e. The summed E-state index contributed by atoms with van der Waals surface area (Å²) in [5.41, 5.74) is 3.82. The molecule has 0 atom stereocenters. The van der Waals surface area contributed by atoms with E-state index in [1.54, 1.807) is 0 Å². The van der Waals surface area contributed by atoms with E-state index in [4.69, 9.17) is 0 Å². The van der Waals surface area contributed by atoms with Crippen LogP contribution in [0.1, 0.15) is 38.7 Å². The molecule has 1 aromatic carbocycles. The van der Waals surface area contributed by atoms with Gasteiger partial charge in [0.1, 0.15) is 0 Å². The Morgan fingerprint density at radius 2 is 1.93 bits per heavy atom. The van der Waals surface area contributed by atoms with Gasteiger partial charge in [-0.3, -0.25) is 0 Å². The average molecular weight is 200 g/mol. The SMILES string of the molecule is C=C(CCCC)/C(C)=C/c1ccccc1. The lowest BCUT2D eigenvalue weighted by Crippen LogP contribution is -1.84. The average Bonchev–Trinajstić information content (AvgIpc) is 2.27. The van der Waals surface area contributed by atoms with Crippen molar-refractivity contribution >= 4 is 6.08 Å². The second-order valence-corrected chi connectivity index (χ2v) is 3.95. The van der Waals surface area contributed by atoms with E-state index >= 15 is 0 Å². The largest absolute Gasteiger partial charge is 0.0956 e. The number of hydrogen-bond acceptors (Lipinski definition) is 0. The third-order valence-corrected chi connectivity index (χ3v) is 2.57. The lowest BCUT2D eigenvalue weighted by Gasteiger charge is -2.05. The Bertz CT molecular complexity index is 330. The van der Waals surface area contributed by atoms with Gasteiger partial charge in [0.05, 0.1) is 0 Å². The molecule has 0 heterocycles. The van der Waals surface area contributed by atoms with Crippen molar-refractivity contribution in [3.05, 3.63) is 53.6 Å². The van der Waals surface area contributed by atoms with E-state index in [9.17, 15) is 0 Å². The number of hydrogen-bond donors (Lipinski definition) is 0. The minimum atomic E-state index is 1.12. The van der Waals surface area contributed by atoms with E-state index in [1.807, 2.05) is 6.07 Å². The summed E-state index contributed by atoms with van der Waals surface area (Å²) in [6.45, 7) is 8.48. The topological polar surface area (TPSA) is 0 Å². The number of allylic oxidation sites excluding steroid dienone is 2. The zero-order valence-corrected chi connectivity index (χ0v) is 9.79. The van der Waals surface area contributed by atoms with E-state index in [0.29, 0.717) is 0 Å². The Balaban J connectivity index is 2.63. The van der Waals surface area contributed by atoms with Crippen molar-refractivity contribution in [1.29, 1.82) is 0 Å². The zero-order valence-electron chi connectivity index (χ0n) is 9.79. The first-order valence-corrected chi connectivity index (χ1v) is 5.65. The van der Waals surface area contributed by atoms with Crippen LogP contribution >= 0.6 is 0 Å². The molecule has 0 aromatic heterocycles. The maximum Gasteiger partial charge on any atom is -0.0254 e. The number of benzene rings is 1. The fourth-order valence-corrected chi connectivity index (χ4v) is 1.49. The molecule has 0 bridgehead atoms. The molecule has 0 nitrogen and oxygen atoms in total. The van der Waals surface area contributed by atoms with Gasteiger partial charge in [-0.25, -0.2) is 0 Å². The van der Waals surface area contributed by atoms with Gasteiger partial charge in [0.25, 0.3) is 0 Å². The second kappa shape index (κ2) is 6.23. The molecule has 0 unspecified atom stereocenters. The van der Waals surface area contributed by atoms with Crippen LogP contribution in [-0.2, 0) is 0 Å². The fourth-order valence-electron chi connectivity index (χ4n) is 1.49. The van der Waals surface area contributed by atoms with E-state index in [0.717, 1.165) is 6.42 Å². The maximum atomic E-state index is 4.12. The molecule has 0 aliphatic carbocycles. The molecule has 0 spiro atoms. The Kier molecular flexibility index (Phi) is 4.89. The Morgan fingerprint density at radius 3 is 2.53 bits per heavy atom. The third kappa shape index (κ3) is 4.16. The second-order valence-electron chi connectivity index (χ2n) is 3.95. The van der Waals surface area contributed by atoms with Gasteiger partial charge in [-0.15, -0.1) is 0 Å². The van der Waals surface area contributed by atoms with Crippen LogP contribution in [0.4, 0.5) is 0 Å². The molecule has 0 aliphatic heterocycles. The standard InChI is InChI=1S/C15H20/c1-4-5-9-13(2)14(3)12-15-10-7-6-8-11-15/h6-8,10-12H,2,4-5,9H2,1,3H3/b14-12+. The molecule has 1 aromatic rings. The Labute approximate surface area is 93.3 Å². The van der Waals surface area contributed by atoms with Gasteiger partial charge in [0, 0.05) is 0 Å². The monoisotopic (exact) mass is 200 g/mol. The van der Waals surface area contributed by atoms with Crippen LogP contribution in [0.15, 0.2) is 48.1 Å². The number of rotatable bonds is 5. The first-order chi connectivity index (χ1) is 7.24. The van der Waals surface area contributed by atoms with Crippen LogP contribution in [0, 0.1) is 0 Å². The van der Waals surface area contributed by atoms with Crippen molar-refractivity contribution in [2.75, 3.05) is 0 Å². The van der Waals surface area contributed by atoms with Crippen LogP contribution in [-0.4, -0.2) is 0 Å². The summed E-state index contributed by atoms with van der Waals surface area (Å²) < 4.78 is 0. The molecule has 0 heteroatoms. The Morgan fingerprint density at radius 1 is 1.27 bits per heavy atom.